The maximum Gasteiger partial charge on any atom is 0.309 e. The number of nitro groups is 1. The minimum atomic E-state index is -3.27. The van der Waals surface area contributed by atoms with Gasteiger partial charge < -0.3 is 10.1 Å². The van der Waals surface area contributed by atoms with Crippen LogP contribution in [0, 0.1) is 23.0 Å². The summed E-state index contributed by atoms with van der Waals surface area (Å²) in [5, 5.41) is 13.4. The first-order valence-electron chi connectivity index (χ1n) is 8.83. The SMILES string of the molecule is CCS(=O)(=O)N1CCC(C(=O)OCC(=O)Nc2ccc(C)c([N+](=O)[O-])c2)CC1. The lowest BCUT2D eigenvalue weighted by Gasteiger charge is -2.29. The number of hydrogen-bond donors (Lipinski definition) is 1. The molecular formula is C17H23N3O7S. The van der Waals surface area contributed by atoms with Crippen LogP contribution in [0.2, 0.25) is 0 Å². The molecule has 1 amide bonds. The first kappa shape index (κ1) is 21.8. The number of esters is 1. The van der Waals surface area contributed by atoms with Gasteiger partial charge in [0.05, 0.1) is 16.6 Å². The average Bonchev–Trinajstić information content (AvgIpc) is 2.67. The third-order valence-corrected chi connectivity index (χ3v) is 6.46. The minimum absolute atomic E-state index is 0.0133. The fraction of sp³-hybridized carbons (Fsp3) is 0.529. The molecule has 28 heavy (non-hydrogen) atoms. The molecule has 1 aliphatic rings. The molecule has 1 aromatic rings. The van der Waals surface area contributed by atoms with Gasteiger partial charge in [0.25, 0.3) is 11.6 Å². The topological polar surface area (TPSA) is 136 Å². The fourth-order valence-electron chi connectivity index (χ4n) is 2.89. The van der Waals surface area contributed by atoms with Crippen LogP contribution in [0.5, 0.6) is 0 Å². The third kappa shape index (κ3) is 5.49. The molecule has 0 aromatic heterocycles. The van der Waals surface area contributed by atoms with Crippen molar-refractivity contribution in [2.75, 3.05) is 30.8 Å². The van der Waals surface area contributed by atoms with Crippen LogP contribution in [-0.4, -0.2) is 55.0 Å². The van der Waals surface area contributed by atoms with Crippen molar-refractivity contribution in [1.29, 1.82) is 0 Å². The second-order valence-corrected chi connectivity index (χ2v) is 8.75. The Bertz CT molecular complexity index is 862. The molecule has 154 valence electrons. The van der Waals surface area contributed by atoms with E-state index in [4.69, 9.17) is 4.74 Å². The fourth-order valence-corrected chi connectivity index (χ4v) is 4.02. The molecular weight excluding hydrogens is 390 g/mol. The van der Waals surface area contributed by atoms with Gasteiger partial charge in [-0.1, -0.05) is 6.07 Å². The zero-order valence-corrected chi connectivity index (χ0v) is 16.5. The Hall–Kier alpha value is -2.53. The summed E-state index contributed by atoms with van der Waals surface area (Å²) in [6.07, 6.45) is 0.674. The van der Waals surface area contributed by atoms with Crippen molar-refractivity contribution in [2.24, 2.45) is 5.92 Å². The van der Waals surface area contributed by atoms with Gasteiger partial charge in [0.15, 0.2) is 6.61 Å². The first-order valence-corrected chi connectivity index (χ1v) is 10.4. The quantitative estimate of drug-likeness (QED) is 0.406. The van der Waals surface area contributed by atoms with Crippen LogP contribution in [0.3, 0.4) is 0 Å². The number of benzene rings is 1. The number of amides is 1. The molecule has 0 atom stereocenters. The lowest BCUT2D eigenvalue weighted by molar-refractivity contribution is -0.385. The van der Waals surface area contributed by atoms with E-state index in [9.17, 15) is 28.1 Å². The number of carbonyl (C=O) groups excluding carboxylic acids is 2. The minimum Gasteiger partial charge on any atom is -0.455 e. The highest BCUT2D eigenvalue weighted by Crippen LogP contribution is 2.23. The van der Waals surface area contributed by atoms with E-state index in [1.165, 1.54) is 22.5 Å². The highest BCUT2D eigenvalue weighted by Gasteiger charge is 2.31. The molecule has 1 aliphatic heterocycles. The Morgan fingerprint density at radius 2 is 1.96 bits per heavy atom. The maximum atomic E-state index is 12.1. The number of hydrogen-bond acceptors (Lipinski definition) is 7. The number of aryl methyl sites for hydroxylation is 1. The molecule has 1 aromatic carbocycles. The number of sulfonamides is 1. The summed E-state index contributed by atoms with van der Waals surface area (Å²) >= 11 is 0. The van der Waals surface area contributed by atoms with E-state index in [2.05, 4.69) is 5.32 Å². The van der Waals surface area contributed by atoms with Crippen LogP contribution in [-0.2, 0) is 24.3 Å². The molecule has 0 unspecified atom stereocenters. The van der Waals surface area contributed by atoms with Crippen LogP contribution in [0.1, 0.15) is 25.3 Å². The standard InChI is InChI=1S/C17H23N3O7S/c1-3-28(25,26)19-8-6-13(7-9-19)17(22)27-11-16(21)18-14-5-4-12(2)15(10-14)20(23)24/h4-5,10,13H,3,6-9,11H2,1-2H3,(H,18,21). The number of nitro benzene ring substituents is 1. The molecule has 0 bridgehead atoms. The van der Waals surface area contributed by atoms with Crippen molar-refractivity contribution in [3.8, 4) is 0 Å². The summed E-state index contributed by atoms with van der Waals surface area (Å²) in [6, 6.07) is 4.27. The van der Waals surface area contributed by atoms with Crippen LogP contribution < -0.4 is 5.32 Å². The predicted octanol–water partition coefficient (Wildman–Crippen LogP) is 1.45. The van der Waals surface area contributed by atoms with Gasteiger partial charge in [-0.2, -0.15) is 0 Å². The van der Waals surface area contributed by atoms with Gasteiger partial charge in [0.1, 0.15) is 0 Å². The zero-order chi connectivity index (χ0) is 20.9. The number of carbonyl (C=O) groups is 2. The highest BCUT2D eigenvalue weighted by atomic mass is 32.2. The molecule has 1 saturated heterocycles. The molecule has 1 heterocycles. The van der Waals surface area contributed by atoms with Crippen molar-refractivity contribution in [3.05, 3.63) is 33.9 Å². The lowest BCUT2D eigenvalue weighted by Crippen LogP contribution is -2.41. The van der Waals surface area contributed by atoms with Crippen LogP contribution in [0.15, 0.2) is 18.2 Å². The first-order chi connectivity index (χ1) is 13.1. The van der Waals surface area contributed by atoms with Crippen LogP contribution in [0.25, 0.3) is 0 Å². The van der Waals surface area contributed by atoms with Gasteiger partial charge >= 0.3 is 5.97 Å². The Morgan fingerprint density at radius 1 is 1.32 bits per heavy atom. The smallest absolute Gasteiger partial charge is 0.309 e. The average molecular weight is 413 g/mol. The van der Waals surface area contributed by atoms with E-state index in [1.807, 2.05) is 0 Å². The summed E-state index contributed by atoms with van der Waals surface area (Å²) in [5.74, 6) is -1.62. The summed E-state index contributed by atoms with van der Waals surface area (Å²) in [5.41, 5.74) is 0.575. The number of piperidine rings is 1. The molecule has 1 N–H and O–H groups in total. The Kier molecular flexibility index (Phi) is 7.08. The van der Waals surface area contributed by atoms with Gasteiger partial charge in [-0.05, 0) is 32.8 Å². The number of nitrogens with one attached hydrogen (secondary N) is 1. The van der Waals surface area contributed by atoms with E-state index < -0.39 is 39.3 Å². The second-order valence-electron chi connectivity index (χ2n) is 6.49. The Morgan fingerprint density at radius 3 is 2.54 bits per heavy atom. The monoisotopic (exact) mass is 413 g/mol. The second kappa shape index (κ2) is 9.11. The van der Waals surface area contributed by atoms with Gasteiger partial charge in [0.2, 0.25) is 10.0 Å². The highest BCUT2D eigenvalue weighted by molar-refractivity contribution is 7.89. The normalized spacial score (nSPS) is 15.8. The summed E-state index contributed by atoms with van der Waals surface area (Å²) in [6.45, 7) is 3.12. The molecule has 0 radical (unpaired) electrons. The summed E-state index contributed by atoms with van der Waals surface area (Å²) in [4.78, 5) is 34.4. The lowest BCUT2D eigenvalue weighted by atomic mass is 9.98. The van der Waals surface area contributed by atoms with Gasteiger partial charge in [-0.25, -0.2) is 12.7 Å². The molecule has 10 nitrogen and oxygen atoms in total. The van der Waals surface area contributed by atoms with Gasteiger partial charge in [-0.3, -0.25) is 19.7 Å². The van der Waals surface area contributed by atoms with Crippen molar-refractivity contribution < 1.29 is 27.7 Å². The largest absolute Gasteiger partial charge is 0.455 e. The Labute approximate surface area is 163 Å². The van der Waals surface area contributed by atoms with Crippen molar-refractivity contribution in [1.82, 2.24) is 4.31 Å². The summed E-state index contributed by atoms with van der Waals surface area (Å²) < 4.78 is 30.0. The zero-order valence-electron chi connectivity index (χ0n) is 15.7. The van der Waals surface area contributed by atoms with E-state index in [1.54, 1.807) is 13.8 Å². The number of anilines is 1. The number of nitrogens with zero attached hydrogens (tertiary/aromatic N) is 2. The molecule has 1 fully saturated rings. The molecule has 11 heteroatoms. The Balaban J connectivity index is 1.83. The molecule has 0 saturated carbocycles. The third-order valence-electron chi connectivity index (χ3n) is 4.58. The van der Waals surface area contributed by atoms with Crippen molar-refractivity contribution in [2.45, 2.75) is 26.7 Å². The van der Waals surface area contributed by atoms with Crippen molar-refractivity contribution >= 4 is 33.3 Å². The van der Waals surface area contributed by atoms with Gasteiger partial charge in [0, 0.05) is 30.4 Å². The van der Waals surface area contributed by atoms with E-state index in [0.717, 1.165) is 0 Å². The molecule has 2 rings (SSSR count). The van der Waals surface area contributed by atoms with Crippen LogP contribution in [0.4, 0.5) is 11.4 Å². The van der Waals surface area contributed by atoms with E-state index in [-0.39, 0.29) is 30.2 Å². The predicted molar refractivity (Wildman–Crippen MR) is 101 cm³/mol. The molecule has 0 spiro atoms. The number of ether oxygens (including phenoxy) is 1. The van der Waals surface area contributed by atoms with Gasteiger partial charge in [-0.15, -0.1) is 0 Å². The van der Waals surface area contributed by atoms with E-state index in [0.29, 0.717) is 18.4 Å². The maximum absolute atomic E-state index is 12.1. The van der Waals surface area contributed by atoms with Crippen LogP contribution >= 0.6 is 0 Å². The number of rotatable bonds is 7. The summed E-state index contributed by atoms with van der Waals surface area (Å²) in [7, 11) is -3.27. The molecule has 0 aliphatic carbocycles. The van der Waals surface area contributed by atoms with E-state index >= 15 is 0 Å². The van der Waals surface area contributed by atoms with Crippen molar-refractivity contribution in [3.63, 3.8) is 0 Å².